The second kappa shape index (κ2) is 30.3. The van der Waals surface area contributed by atoms with Gasteiger partial charge < -0.3 is 94.7 Å². The van der Waals surface area contributed by atoms with Crippen LogP contribution in [0.4, 0.5) is 0 Å². The topological polar surface area (TPSA) is 493 Å². The highest BCUT2D eigenvalue weighted by atomic mass is 32.2. The molecule has 17 unspecified atom stereocenters. The van der Waals surface area contributed by atoms with Crippen molar-refractivity contribution in [3.05, 3.63) is 0 Å². The first-order valence-corrected chi connectivity index (χ1v) is 25.8. The molecule has 6 amide bonds. The zero-order valence-electron chi connectivity index (χ0n) is 43.5. The van der Waals surface area contributed by atoms with Crippen molar-refractivity contribution in [1.29, 1.82) is 0 Å². The van der Waals surface area contributed by atoms with Gasteiger partial charge in [-0.2, -0.15) is 5.10 Å². The molecule has 15 N–H and O–H groups in total. The number of nitrogens with two attached hydrogens (primary N) is 1. The lowest BCUT2D eigenvalue weighted by molar-refractivity contribution is -0.422. The van der Waals surface area contributed by atoms with E-state index in [0.29, 0.717) is 24.4 Å². The number of nitrogens with zero attached hydrogens (tertiary/aromatic N) is 2. The van der Waals surface area contributed by atoms with Gasteiger partial charge in [0.05, 0.1) is 113 Å². The number of hydrogen-bond acceptors (Lipinski definition) is 27. The predicted molar refractivity (Wildman–Crippen MR) is 260 cm³/mol. The molecule has 0 bridgehead atoms. The monoisotopic (exact) mass is 1160 g/mol. The van der Waals surface area contributed by atoms with Gasteiger partial charge in [0.1, 0.15) is 18.3 Å². The number of thioether (sulfide) groups is 1. The van der Waals surface area contributed by atoms with Crippen molar-refractivity contribution in [1.82, 2.24) is 26.3 Å². The molecule has 4 aliphatic rings. The van der Waals surface area contributed by atoms with Crippen LogP contribution in [0.3, 0.4) is 0 Å². The maximum atomic E-state index is 13.0. The first kappa shape index (κ1) is 65.9. The summed E-state index contributed by atoms with van der Waals surface area (Å²) in [6, 6.07) is -4.48. The minimum Gasteiger partial charge on any atom is -0.410 e. The number of amidine groups is 1. The number of hydrazone groups is 1. The number of rotatable bonds is 31. The molecule has 4 aliphatic heterocycles. The van der Waals surface area contributed by atoms with E-state index >= 15 is 0 Å². The summed E-state index contributed by atoms with van der Waals surface area (Å²) in [6.45, 7) is -1.58. The molecule has 0 spiro atoms. The van der Waals surface area contributed by atoms with Gasteiger partial charge in [-0.15, -0.1) is 11.8 Å². The average Bonchev–Trinajstić information content (AvgIpc) is 3.65. The van der Waals surface area contributed by atoms with Crippen LogP contribution in [0.2, 0.25) is 0 Å². The van der Waals surface area contributed by atoms with Crippen molar-refractivity contribution < 1.29 is 127 Å². The van der Waals surface area contributed by atoms with Gasteiger partial charge in [0.15, 0.2) is 0 Å². The molecular formula is C45H71N8O25S+. The van der Waals surface area contributed by atoms with E-state index in [9.17, 15) is 84.0 Å². The molecule has 0 aliphatic carbocycles. The standard InChI is InChI=1S/C45H70N8O25S/c1-22(59)49-35-28(63)12-44(74-20-57,76-30(35)14-48-52-33(65)7-8-53-34(66)10-31(42(53)69)79-9-5-6-32(46)47-4)71-17-26(16-55)39(68)41-37(51-24(3)61)29(64)13-45(78-41,75-21-58)72-18-25(15-54)38(67)40-36(50-23(2)60)27(62)11-43(70,77-40)73-19-56/h14,19-21,25-31,35-41,54-55,62-64,67-68,70H,5-13,15-18H2,1-4H3,(H2,46,47)(H,49,59)(H,50,60)(H,51,61)(H,52,65)/p+1/b48-14+. The summed E-state index contributed by atoms with van der Waals surface area (Å²) in [5.74, 6) is -14.3. The molecule has 17 atom stereocenters. The number of ether oxygens (including phenoxy) is 8. The largest absolute Gasteiger partial charge is 0.410 e. The third kappa shape index (κ3) is 18.2. The molecule has 79 heavy (non-hydrogen) atoms. The fourth-order valence-electron chi connectivity index (χ4n) is 9.04. The van der Waals surface area contributed by atoms with E-state index in [1.165, 1.54) is 11.8 Å². The van der Waals surface area contributed by atoms with E-state index in [1.807, 2.05) is 0 Å². The molecule has 0 aromatic carbocycles. The fourth-order valence-corrected chi connectivity index (χ4v) is 10.2. The molecule has 0 saturated carbocycles. The Bertz CT molecular complexity index is 2190. The molecule has 4 fully saturated rings. The third-order valence-corrected chi connectivity index (χ3v) is 14.3. The Morgan fingerprint density at radius 1 is 0.785 bits per heavy atom. The number of aliphatic hydroxyl groups excluding tert-OH is 7. The van der Waals surface area contributed by atoms with Gasteiger partial charge in [-0.25, -0.2) is 5.43 Å². The quantitative estimate of drug-likeness (QED) is 0.00448. The Kier molecular flexibility index (Phi) is 25.3. The van der Waals surface area contributed by atoms with Gasteiger partial charge in [-0.05, 0) is 12.2 Å². The van der Waals surface area contributed by atoms with E-state index in [4.69, 9.17) is 38.9 Å². The lowest BCUT2D eigenvalue weighted by atomic mass is 9.87. The Balaban J connectivity index is 1.52. The number of imide groups is 1. The fraction of sp³-hybridized carbons (Fsp3) is 0.756. The minimum absolute atomic E-state index is 0.0564. The van der Waals surface area contributed by atoms with Gasteiger partial charge in [0.2, 0.25) is 41.3 Å². The number of likely N-dealkylation sites (tertiary alicyclic amines) is 1. The van der Waals surface area contributed by atoms with Crippen LogP contribution in [0, 0.1) is 11.8 Å². The lowest BCUT2D eigenvalue weighted by Crippen LogP contribution is -2.70. The highest BCUT2D eigenvalue weighted by molar-refractivity contribution is 8.00. The number of aliphatic hydroxyl groups is 8. The van der Waals surface area contributed by atoms with Crippen LogP contribution in [-0.2, 0) is 81.0 Å². The van der Waals surface area contributed by atoms with Crippen LogP contribution in [0.5, 0.6) is 0 Å². The third-order valence-electron chi connectivity index (χ3n) is 13.0. The number of carbonyl (C=O) groups excluding carboxylic acids is 9. The van der Waals surface area contributed by atoms with Gasteiger partial charge in [-0.3, -0.25) is 58.8 Å². The van der Waals surface area contributed by atoms with E-state index in [0.717, 1.165) is 31.9 Å². The summed E-state index contributed by atoms with van der Waals surface area (Å²) in [5.41, 5.74) is 7.95. The molecule has 4 saturated heterocycles. The van der Waals surface area contributed by atoms with Crippen LogP contribution in [-0.4, -0.2) is 249 Å². The van der Waals surface area contributed by atoms with Crippen LogP contribution in [0.15, 0.2) is 5.10 Å². The summed E-state index contributed by atoms with van der Waals surface area (Å²) in [4.78, 5) is 114. The molecule has 0 radical (unpaired) electrons. The van der Waals surface area contributed by atoms with Crippen LogP contribution < -0.4 is 32.1 Å². The lowest BCUT2D eigenvalue weighted by Gasteiger charge is -2.48. The highest BCUT2D eigenvalue weighted by Gasteiger charge is 2.57. The number of carbonyl (C=O) groups is 9. The Hall–Kier alpha value is -5.60. The van der Waals surface area contributed by atoms with Gasteiger partial charge in [0.25, 0.3) is 19.4 Å². The van der Waals surface area contributed by atoms with Crippen LogP contribution >= 0.6 is 11.8 Å². The number of hydrogen-bond donors (Lipinski definition) is 14. The molecule has 34 heteroatoms. The van der Waals surface area contributed by atoms with Gasteiger partial charge in [-0.1, -0.05) is 0 Å². The molecule has 33 nitrogen and oxygen atoms in total. The van der Waals surface area contributed by atoms with Crippen LogP contribution in [0.25, 0.3) is 0 Å². The molecule has 4 heterocycles. The number of nitrogens with one attached hydrogen (secondary N) is 5. The van der Waals surface area contributed by atoms with E-state index in [1.54, 1.807) is 7.05 Å². The maximum absolute atomic E-state index is 13.0. The molecule has 0 aromatic rings. The van der Waals surface area contributed by atoms with Crippen molar-refractivity contribution >= 4 is 78.7 Å². The second-order valence-electron chi connectivity index (χ2n) is 18.8. The molecule has 0 aromatic heterocycles. The summed E-state index contributed by atoms with van der Waals surface area (Å²) in [7, 11) is 1.68. The Morgan fingerprint density at radius 3 is 1.78 bits per heavy atom. The highest BCUT2D eigenvalue weighted by Crippen LogP contribution is 2.38. The zero-order chi connectivity index (χ0) is 58.8. The maximum Gasteiger partial charge on any atom is 0.332 e. The first-order chi connectivity index (χ1) is 37.3. The average molecular weight is 1160 g/mol. The minimum atomic E-state index is -2.83. The van der Waals surface area contributed by atoms with Crippen LogP contribution in [0.1, 0.15) is 65.7 Å². The van der Waals surface area contributed by atoms with E-state index in [-0.39, 0.29) is 32.4 Å². The Labute approximate surface area is 455 Å². The molecule has 446 valence electrons. The predicted octanol–water partition coefficient (Wildman–Crippen LogP) is -9.40. The summed E-state index contributed by atoms with van der Waals surface area (Å²) in [5, 5.41) is 99.1. The smallest absolute Gasteiger partial charge is 0.332 e. The van der Waals surface area contributed by atoms with E-state index in [2.05, 4.69) is 36.2 Å². The van der Waals surface area contributed by atoms with Crippen molar-refractivity contribution in [2.45, 2.75) is 156 Å². The zero-order valence-corrected chi connectivity index (χ0v) is 44.3. The molecular weight excluding hydrogens is 1080 g/mol. The van der Waals surface area contributed by atoms with Crippen molar-refractivity contribution in [3.63, 3.8) is 0 Å². The van der Waals surface area contributed by atoms with Crippen molar-refractivity contribution in [2.75, 3.05) is 45.8 Å². The summed E-state index contributed by atoms with van der Waals surface area (Å²) in [6.07, 6.45) is -15.6. The summed E-state index contributed by atoms with van der Waals surface area (Å²) >= 11 is 1.29. The SMILES string of the molecule is C[NH+]=C(N)CCCSC1CC(=O)N(CCC(=O)N/N=C/C2OC(OC=O)(OCC(CO)C(O)C3OC(OC=O)(OCC(CO)C(O)C4OC(O)(OC=O)CC(O)C4NC(C)=O)CC(O)C3NC(C)=O)CC(O)C2NC(C)=O)C1=O. The molecule has 4 rings (SSSR count). The van der Waals surface area contributed by atoms with E-state index < -0.39 is 190 Å². The number of amides is 6. The Morgan fingerprint density at radius 2 is 1.28 bits per heavy atom. The van der Waals surface area contributed by atoms with Gasteiger partial charge >= 0.3 is 17.9 Å². The van der Waals surface area contributed by atoms with Crippen molar-refractivity contribution in [3.8, 4) is 0 Å². The second-order valence-corrected chi connectivity index (χ2v) is 20.1. The van der Waals surface area contributed by atoms with Crippen molar-refractivity contribution in [2.24, 2.45) is 22.7 Å². The van der Waals surface area contributed by atoms with Gasteiger partial charge in [0, 0.05) is 58.4 Å². The first-order valence-electron chi connectivity index (χ1n) is 24.7. The summed E-state index contributed by atoms with van der Waals surface area (Å²) < 4.78 is 43.8. The normalized spacial score (nSPS) is 32.7.